The molecule has 0 rings (SSSR count). The van der Waals surface area contributed by atoms with Gasteiger partial charge in [-0.3, -0.25) is 9.59 Å². The molecule has 0 amide bonds. The maximum Gasteiger partial charge on any atom is 0.306 e. The van der Waals surface area contributed by atoms with Gasteiger partial charge in [0.25, 0.3) is 0 Å². The predicted octanol–water partition coefficient (Wildman–Crippen LogP) is 21.1. The molecular formula is C67H114O5. The molecule has 0 aromatic rings. The molecule has 412 valence electrons. The summed E-state index contributed by atoms with van der Waals surface area (Å²) >= 11 is 0. The Bertz CT molecular complexity index is 1410. The molecule has 1 unspecified atom stereocenters. The first-order valence-corrected chi connectivity index (χ1v) is 30.4. The lowest BCUT2D eigenvalue weighted by Gasteiger charge is -2.18. The summed E-state index contributed by atoms with van der Waals surface area (Å²) in [6, 6.07) is 0. The molecule has 0 saturated carbocycles. The lowest BCUT2D eigenvalue weighted by atomic mass is 10.1. The van der Waals surface area contributed by atoms with Gasteiger partial charge in [-0.2, -0.15) is 0 Å². The number of ether oxygens (including phenoxy) is 3. The van der Waals surface area contributed by atoms with E-state index in [2.05, 4.69) is 130 Å². The molecule has 0 spiro atoms. The van der Waals surface area contributed by atoms with Crippen LogP contribution < -0.4 is 0 Å². The number of carbonyl (C=O) groups excluding carboxylic acids is 2. The van der Waals surface area contributed by atoms with Crippen LogP contribution in [0.1, 0.15) is 278 Å². The van der Waals surface area contributed by atoms with Crippen LogP contribution >= 0.6 is 0 Å². The predicted molar refractivity (Wildman–Crippen MR) is 316 cm³/mol. The molecule has 5 heteroatoms. The van der Waals surface area contributed by atoms with E-state index in [1.54, 1.807) is 0 Å². The van der Waals surface area contributed by atoms with Crippen LogP contribution in [0, 0.1) is 0 Å². The van der Waals surface area contributed by atoms with E-state index in [-0.39, 0.29) is 25.2 Å². The fraction of sp³-hybridized carbons (Fsp3) is 0.701. The average Bonchev–Trinajstić information content (AvgIpc) is 3.38. The third-order valence-corrected chi connectivity index (χ3v) is 12.8. The Labute approximate surface area is 446 Å². The van der Waals surface area contributed by atoms with Gasteiger partial charge in [0, 0.05) is 19.4 Å². The molecule has 0 bridgehead atoms. The van der Waals surface area contributed by atoms with Crippen molar-refractivity contribution < 1.29 is 23.8 Å². The monoisotopic (exact) mass is 999 g/mol. The number of carbonyl (C=O) groups is 2. The van der Waals surface area contributed by atoms with Gasteiger partial charge in [-0.15, -0.1) is 0 Å². The Morgan fingerprint density at radius 1 is 0.319 bits per heavy atom. The number of esters is 2. The summed E-state index contributed by atoms with van der Waals surface area (Å²) in [7, 11) is 0. The van der Waals surface area contributed by atoms with Crippen molar-refractivity contribution >= 4 is 11.9 Å². The second kappa shape index (κ2) is 61.9. The maximum absolute atomic E-state index is 12.9. The van der Waals surface area contributed by atoms with Gasteiger partial charge in [0.2, 0.25) is 0 Å². The number of hydrogen-bond acceptors (Lipinski definition) is 5. The van der Waals surface area contributed by atoms with Gasteiger partial charge in [0.15, 0.2) is 6.10 Å². The Morgan fingerprint density at radius 3 is 1.00 bits per heavy atom. The lowest BCUT2D eigenvalue weighted by Crippen LogP contribution is -2.30. The normalized spacial score (nSPS) is 13.0. The Kier molecular flexibility index (Phi) is 58.9. The minimum absolute atomic E-state index is 0.0636. The molecule has 1 atom stereocenters. The van der Waals surface area contributed by atoms with Gasteiger partial charge in [0.05, 0.1) is 6.61 Å². The van der Waals surface area contributed by atoms with Gasteiger partial charge < -0.3 is 14.2 Å². The molecule has 0 radical (unpaired) electrons. The van der Waals surface area contributed by atoms with Crippen LogP contribution in [-0.4, -0.2) is 37.9 Å². The van der Waals surface area contributed by atoms with Crippen LogP contribution in [0.5, 0.6) is 0 Å². The Balaban J connectivity index is 4.36. The van der Waals surface area contributed by atoms with Gasteiger partial charge in [-0.05, 0) is 128 Å². The molecular weight excluding hydrogens is 885 g/mol. The van der Waals surface area contributed by atoms with Crippen molar-refractivity contribution in [2.75, 3.05) is 19.8 Å². The minimum Gasteiger partial charge on any atom is -0.462 e. The molecule has 0 heterocycles. The summed E-state index contributed by atoms with van der Waals surface area (Å²) < 4.78 is 17.5. The first kappa shape index (κ1) is 68.6. The first-order valence-electron chi connectivity index (χ1n) is 30.4. The Morgan fingerprint density at radius 2 is 0.625 bits per heavy atom. The van der Waals surface area contributed by atoms with Gasteiger partial charge in [-0.25, -0.2) is 0 Å². The minimum atomic E-state index is -0.565. The van der Waals surface area contributed by atoms with Crippen molar-refractivity contribution in [2.45, 2.75) is 284 Å². The van der Waals surface area contributed by atoms with Crippen LogP contribution in [0.4, 0.5) is 0 Å². The van der Waals surface area contributed by atoms with E-state index in [4.69, 9.17) is 14.2 Å². The van der Waals surface area contributed by atoms with Crippen LogP contribution in [0.3, 0.4) is 0 Å². The van der Waals surface area contributed by atoms with E-state index in [1.165, 1.54) is 135 Å². The van der Waals surface area contributed by atoms with Crippen LogP contribution in [-0.2, 0) is 23.8 Å². The van der Waals surface area contributed by atoms with E-state index in [0.29, 0.717) is 19.4 Å². The van der Waals surface area contributed by atoms with Crippen molar-refractivity contribution in [2.24, 2.45) is 0 Å². The summed E-state index contributed by atoms with van der Waals surface area (Å²) in [5.74, 6) is -0.433. The lowest BCUT2D eigenvalue weighted by molar-refractivity contribution is -0.163. The summed E-state index contributed by atoms with van der Waals surface area (Å²) in [6.07, 6.45) is 85.4. The SMILES string of the molecule is CC/C=C\C/C=C\C/C=C\C/C=C\CCCCCCC(=O)OC(COCCCCCCCCC/C=C\C/C=C\C/C=C\CCCCC)COC(=O)CCCCCCCCCCC/C=C\C/C=C\CCCCC. The molecule has 0 aromatic carbocycles. The van der Waals surface area contributed by atoms with Gasteiger partial charge in [-0.1, -0.05) is 246 Å². The zero-order chi connectivity index (χ0) is 52.0. The quantitative estimate of drug-likeness (QED) is 0.0345. The Hall–Kier alpha value is -3.44. The largest absolute Gasteiger partial charge is 0.462 e. The number of unbranched alkanes of at least 4 members (excludes halogenated alkanes) is 26. The summed E-state index contributed by atoms with van der Waals surface area (Å²) in [5, 5.41) is 0. The van der Waals surface area contributed by atoms with Crippen molar-refractivity contribution in [3.63, 3.8) is 0 Å². The molecule has 0 aromatic heterocycles. The van der Waals surface area contributed by atoms with Crippen molar-refractivity contribution in [3.8, 4) is 0 Å². The second-order valence-electron chi connectivity index (χ2n) is 19.9. The van der Waals surface area contributed by atoms with E-state index in [0.717, 1.165) is 109 Å². The van der Waals surface area contributed by atoms with Crippen molar-refractivity contribution in [3.05, 3.63) is 109 Å². The molecule has 0 saturated heterocycles. The van der Waals surface area contributed by atoms with E-state index < -0.39 is 6.10 Å². The third-order valence-electron chi connectivity index (χ3n) is 12.8. The first-order chi connectivity index (χ1) is 35.6. The average molecular weight is 1000 g/mol. The van der Waals surface area contributed by atoms with E-state index in [1.807, 2.05) is 0 Å². The fourth-order valence-electron chi connectivity index (χ4n) is 8.24. The number of rotatable bonds is 55. The summed E-state index contributed by atoms with van der Waals surface area (Å²) in [5.41, 5.74) is 0. The van der Waals surface area contributed by atoms with E-state index >= 15 is 0 Å². The van der Waals surface area contributed by atoms with Crippen LogP contribution in [0.25, 0.3) is 0 Å². The third kappa shape index (κ3) is 59.1. The van der Waals surface area contributed by atoms with Gasteiger partial charge >= 0.3 is 11.9 Å². The number of allylic oxidation sites excluding steroid dienone is 18. The van der Waals surface area contributed by atoms with Crippen LogP contribution in [0.15, 0.2) is 109 Å². The molecule has 0 N–H and O–H groups in total. The molecule has 5 nitrogen and oxygen atoms in total. The highest BCUT2D eigenvalue weighted by Gasteiger charge is 2.17. The zero-order valence-corrected chi connectivity index (χ0v) is 47.4. The van der Waals surface area contributed by atoms with Crippen LogP contribution in [0.2, 0.25) is 0 Å². The molecule has 0 fully saturated rings. The molecule has 0 aliphatic heterocycles. The highest BCUT2D eigenvalue weighted by molar-refractivity contribution is 5.70. The van der Waals surface area contributed by atoms with Crippen molar-refractivity contribution in [1.29, 1.82) is 0 Å². The highest BCUT2D eigenvalue weighted by Crippen LogP contribution is 2.14. The zero-order valence-electron chi connectivity index (χ0n) is 47.4. The molecule has 0 aliphatic rings. The standard InChI is InChI=1S/C67H114O5/c1-4-7-10-13-16-19-22-25-28-31-33-35-38-41-44-47-50-53-56-59-62-70-63-65(72-67(69)61-58-55-52-49-46-43-40-36-30-27-24-21-18-15-12-9-6-3)64-71-66(68)60-57-54-51-48-45-42-39-37-34-32-29-26-23-20-17-14-11-8-5-2/h9,12,16-21,25-30,33,35,40,43,65H,4-8,10-11,13-15,22-24,31-32,34,36-39,41-42,44-64H2,1-3H3/b12-9-,19-16-,20-17-,21-18-,28-25-,29-26-,30-27-,35-33-,43-40-. The smallest absolute Gasteiger partial charge is 0.306 e. The topological polar surface area (TPSA) is 61.8 Å². The van der Waals surface area contributed by atoms with E-state index in [9.17, 15) is 9.59 Å². The summed E-state index contributed by atoms with van der Waals surface area (Å²) in [4.78, 5) is 25.6. The highest BCUT2D eigenvalue weighted by atomic mass is 16.6. The van der Waals surface area contributed by atoms with Gasteiger partial charge in [0.1, 0.15) is 6.61 Å². The number of hydrogen-bond donors (Lipinski definition) is 0. The van der Waals surface area contributed by atoms with Crippen molar-refractivity contribution in [1.82, 2.24) is 0 Å². The molecule has 72 heavy (non-hydrogen) atoms. The second-order valence-corrected chi connectivity index (χ2v) is 19.9. The maximum atomic E-state index is 12.9. The summed E-state index contributed by atoms with van der Waals surface area (Å²) in [6.45, 7) is 7.63. The fourth-order valence-corrected chi connectivity index (χ4v) is 8.24. The molecule has 0 aliphatic carbocycles.